The first-order chi connectivity index (χ1) is 7.77. The Labute approximate surface area is 97.2 Å². The molecule has 0 aromatic rings. The number of amides is 1. The lowest BCUT2D eigenvalue weighted by Gasteiger charge is -2.13. The molecular weight excluding hydrogens is 200 g/mol. The topological polar surface area (TPSA) is 52.9 Å². The molecule has 2 aliphatic rings. The maximum Gasteiger partial charge on any atom is 0.223 e. The Morgan fingerprint density at radius 2 is 2.06 bits per heavy atom. The van der Waals surface area contributed by atoms with Gasteiger partial charge in [0.2, 0.25) is 5.91 Å². The van der Waals surface area contributed by atoms with Crippen molar-refractivity contribution in [1.82, 2.24) is 5.32 Å². The predicted octanol–water partition coefficient (Wildman–Crippen LogP) is 2.23. The maximum atomic E-state index is 12.0. The van der Waals surface area contributed by atoms with Crippen molar-refractivity contribution in [3.8, 4) is 6.07 Å². The Bertz CT molecular complexity index is 296. The Morgan fingerprint density at radius 1 is 1.44 bits per heavy atom. The number of hydrogen-bond donors (Lipinski definition) is 1. The van der Waals surface area contributed by atoms with E-state index < -0.39 is 0 Å². The molecular formula is C13H20N2O. The minimum absolute atomic E-state index is 0.0557. The molecule has 2 aliphatic carbocycles. The minimum atomic E-state index is 0.0557. The summed E-state index contributed by atoms with van der Waals surface area (Å²) >= 11 is 0. The third kappa shape index (κ3) is 2.21. The Balaban J connectivity index is 1.82. The largest absolute Gasteiger partial charge is 0.352 e. The fourth-order valence-electron chi connectivity index (χ4n) is 3.09. The summed E-state index contributed by atoms with van der Waals surface area (Å²) < 4.78 is 0. The summed E-state index contributed by atoms with van der Waals surface area (Å²) in [5.74, 6) is 1.80. The first kappa shape index (κ1) is 11.4. The van der Waals surface area contributed by atoms with Crippen LogP contribution in [0, 0.1) is 29.1 Å². The van der Waals surface area contributed by atoms with Gasteiger partial charge < -0.3 is 5.32 Å². The summed E-state index contributed by atoms with van der Waals surface area (Å²) in [6.07, 6.45) is 6.34. The lowest BCUT2D eigenvalue weighted by Crippen LogP contribution is -2.35. The van der Waals surface area contributed by atoms with E-state index in [1.54, 1.807) is 0 Å². The zero-order chi connectivity index (χ0) is 11.5. The molecule has 3 unspecified atom stereocenters. The highest BCUT2D eigenvalue weighted by Gasteiger charge is 2.54. The average Bonchev–Trinajstić information content (AvgIpc) is 3.02. The third-order valence-electron chi connectivity index (χ3n) is 4.14. The van der Waals surface area contributed by atoms with Crippen LogP contribution in [0.3, 0.4) is 0 Å². The second kappa shape index (κ2) is 4.86. The SMILES string of the molecule is CCC(CC#N)NC(=O)C1C2CCCCC21. The number of fused-ring (bicyclic) bond motifs is 1. The fraction of sp³-hybridized carbons (Fsp3) is 0.846. The summed E-state index contributed by atoms with van der Waals surface area (Å²) in [5.41, 5.74) is 0. The van der Waals surface area contributed by atoms with Crippen LogP contribution in [0.15, 0.2) is 0 Å². The van der Waals surface area contributed by atoms with E-state index in [2.05, 4.69) is 11.4 Å². The van der Waals surface area contributed by atoms with Gasteiger partial charge in [0, 0.05) is 12.0 Å². The Kier molecular flexibility index (Phi) is 3.48. The van der Waals surface area contributed by atoms with Gasteiger partial charge in [0.1, 0.15) is 0 Å². The van der Waals surface area contributed by atoms with Gasteiger partial charge in [-0.15, -0.1) is 0 Å². The number of carbonyl (C=O) groups is 1. The van der Waals surface area contributed by atoms with Gasteiger partial charge in [-0.2, -0.15) is 5.26 Å². The van der Waals surface area contributed by atoms with Gasteiger partial charge in [-0.3, -0.25) is 4.79 Å². The Hall–Kier alpha value is -1.04. The molecule has 0 heterocycles. The standard InChI is InChI=1S/C13H20N2O/c1-2-9(7-8-14)15-13(16)12-10-5-3-4-6-11(10)12/h9-12H,2-7H2,1H3,(H,15,16). The van der Waals surface area contributed by atoms with E-state index in [-0.39, 0.29) is 17.9 Å². The third-order valence-corrected chi connectivity index (χ3v) is 4.14. The van der Waals surface area contributed by atoms with Crippen molar-refractivity contribution in [2.75, 3.05) is 0 Å². The van der Waals surface area contributed by atoms with E-state index >= 15 is 0 Å². The van der Waals surface area contributed by atoms with Gasteiger partial charge in [0.15, 0.2) is 0 Å². The van der Waals surface area contributed by atoms with Crippen molar-refractivity contribution in [3.63, 3.8) is 0 Å². The summed E-state index contributed by atoms with van der Waals surface area (Å²) in [5, 5.41) is 11.7. The van der Waals surface area contributed by atoms with Crippen LogP contribution in [0.4, 0.5) is 0 Å². The van der Waals surface area contributed by atoms with Gasteiger partial charge in [0.05, 0.1) is 12.5 Å². The molecule has 0 aliphatic heterocycles. The number of nitrogens with zero attached hydrogens (tertiary/aromatic N) is 1. The van der Waals surface area contributed by atoms with Crippen LogP contribution in [0.1, 0.15) is 45.4 Å². The molecule has 3 nitrogen and oxygen atoms in total. The van der Waals surface area contributed by atoms with Crippen molar-refractivity contribution in [2.45, 2.75) is 51.5 Å². The molecule has 1 amide bonds. The molecule has 0 aromatic carbocycles. The lowest BCUT2D eigenvalue weighted by atomic mass is 10.0. The first-order valence-corrected chi connectivity index (χ1v) is 6.45. The smallest absolute Gasteiger partial charge is 0.223 e. The zero-order valence-corrected chi connectivity index (χ0v) is 9.91. The molecule has 88 valence electrons. The van der Waals surface area contributed by atoms with Crippen molar-refractivity contribution >= 4 is 5.91 Å². The zero-order valence-electron chi connectivity index (χ0n) is 9.91. The highest BCUT2D eigenvalue weighted by molar-refractivity contribution is 5.82. The van der Waals surface area contributed by atoms with Crippen LogP contribution in [0.25, 0.3) is 0 Å². The number of nitriles is 1. The van der Waals surface area contributed by atoms with Crippen LogP contribution < -0.4 is 5.32 Å². The van der Waals surface area contributed by atoms with Crippen molar-refractivity contribution < 1.29 is 4.79 Å². The van der Waals surface area contributed by atoms with Crippen molar-refractivity contribution in [1.29, 1.82) is 5.26 Å². The van der Waals surface area contributed by atoms with Crippen LogP contribution in [0.2, 0.25) is 0 Å². The minimum Gasteiger partial charge on any atom is -0.352 e. The van der Waals surface area contributed by atoms with E-state index in [0.29, 0.717) is 18.3 Å². The van der Waals surface area contributed by atoms with Gasteiger partial charge >= 0.3 is 0 Å². The van der Waals surface area contributed by atoms with Crippen LogP contribution in [-0.2, 0) is 4.79 Å². The second-order valence-electron chi connectivity index (χ2n) is 5.11. The first-order valence-electron chi connectivity index (χ1n) is 6.45. The van der Waals surface area contributed by atoms with E-state index in [0.717, 1.165) is 6.42 Å². The van der Waals surface area contributed by atoms with Gasteiger partial charge in [-0.05, 0) is 31.1 Å². The van der Waals surface area contributed by atoms with E-state index in [1.165, 1.54) is 25.7 Å². The van der Waals surface area contributed by atoms with Crippen molar-refractivity contribution in [2.24, 2.45) is 17.8 Å². The molecule has 1 N–H and O–H groups in total. The molecule has 0 spiro atoms. The van der Waals surface area contributed by atoms with E-state index in [1.807, 2.05) is 6.92 Å². The summed E-state index contributed by atoms with van der Waals surface area (Å²) in [6, 6.07) is 2.19. The molecule has 0 bridgehead atoms. The molecule has 3 atom stereocenters. The van der Waals surface area contributed by atoms with Crippen LogP contribution >= 0.6 is 0 Å². The maximum absolute atomic E-state index is 12.0. The molecule has 0 aromatic heterocycles. The summed E-state index contributed by atoms with van der Waals surface area (Å²) in [4.78, 5) is 12.0. The van der Waals surface area contributed by atoms with Gasteiger partial charge in [-0.1, -0.05) is 19.8 Å². The van der Waals surface area contributed by atoms with E-state index in [4.69, 9.17) is 5.26 Å². The molecule has 2 saturated carbocycles. The number of nitrogens with one attached hydrogen (secondary N) is 1. The number of carbonyl (C=O) groups excluding carboxylic acids is 1. The summed E-state index contributed by atoms with van der Waals surface area (Å²) in [7, 11) is 0. The number of rotatable bonds is 4. The van der Waals surface area contributed by atoms with Crippen LogP contribution in [-0.4, -0.2) is 11.9 Å². The average molecular weight is 220 g/mol. The molecule has 2 rings (SSSR count). The fourth-order valence-corrected chi connectivity index (χ4v) is 3.09. The molecule has 0 saturated heterocycles. The Morgan fingerprint density at radius 3 is 2.56 bits per heavy atom. The highest BCUT2D eigenvalue weighted by atomic mass is 16.2. The van der Waals surface area contributed by atoms with Gasteiger partial charge in [-0.25, -0.2) is 0 Å². The van der Waals surface area contributed by atoms with Crippen LogP contribution in [0.5, 0.6) is 0 Å². The molecule has 2 fully saturated rings. The van der Waals surface area contributed by atoms with E-state index in [9.17, 15) is 4.79 Å². The quantitative estimate of drug-likeness (QED) is 0.790. The molecule has 3 heteroatoms. The predicted molar refractivity (Wildman–Crippen MR) is 61.4 cm³/mol. The normalized spacial score (nSPS) is 33.4. The highest BCUT2D eigenvalue weighted by Crippen LogP contribution is 2.55. The van der Waals surface area contributed by atoms with Gasteiger partial charge in [0.25, 0.3) is 0 Å². The summed E-state index contributed by atoms with van der Waals surface area (Å²) in [6.45, 7) is 2.02. The molecule has 0 radical (unpaired) electrons. The molecule has 16 heavy (non-hydrogen) atoms. The lowest BCUT2D eigenvalue weighted by molar-refractivity contribution is -0.123. The number of hydrogen-bond acceptors (Lipinski definition) is 2. The monoisotopic (exact) mass is 220 g/mol. The van der Waals surface area contributed by atoms with Crippen molar-refractivity contribution in [3.05, 3.63) is 0 Å². The second-order valence-corrected chi connectivity index (χ2v) is 5.11.